The molecule has 2 N–H and O–H groups in total. The Morgan fingerprint density at radius 1 is 1.33 bits per heavy atom. The summed E-state index contributed by atoms with van der Waals surface area (Å²) in [6.45, 7) is 7.41. The zero-order valence-corrected chi connectivity index (χ0v) is 11.4. The van der Waals surface area contributed by atoms with Gasteiger partial charge in [-0.05, 0) is 51.7 Å². The molecule has 1 aliphatic carbocycles. The molecule has 1 unspecified atom stereocenters. The van der Waals surface area contributed by atoms with E-state index < -0.39 is 0 Å². The van der Waals surface area contributed by atoms with Crippen LogP contribution in [0.1, 0.15) is 33.6 Å². The number of hydrogen-bond acceptors (Lipinski definition) is 3. The molecule has 1 fully saturated rings. The highest BCUT2D eigenvalue weighted by Gasteiger charge is 2.43. The van der Waals surface area contributed by atoms with Gasteiger partial charge in [-0.2, -0.15) is 0 Å². The molecule has 0 saturated heterocycles. The van der Waals surface area contributed by atoms with Crippen molar-refractivity contribution in [2.24, 2.45) is 5.92 Å². The average molecular weight is 246 g/mol. The molecule has 3 rings (SSSR count). The van der Waals surface area contributed by atoms with Crippen LogP contribution in [0.2, 0.25) is 0 Å². The zero-order valence-electron chi connectivity index (χ0n) is 11.4. The van der Waals surface area contributed by atoms with Crippen molar-refractivity contribution in [3.63, 3.8) is 0 Å². The summed E-state index contributed by atoms with van der Waals surface area (Å²) in [6, 6.07) is 6.23. The van der Waals surface area contributed by atoms with Crippen LogP contribution in [0, 0.1) is 5.92 Å². The molecule has 3 nitrogen and oxygen atoms in total. The highest BCUT2D eigenvalue weighted by Crippen LogP contribution is 2.46. The van der Waals surface area contributed by atoms with Crippen LogP contribution in [-0.4, -0.2) is 18.2 Å². The van der Waals surface area contributed by atoms with E-state index in [0.717, 1.165) is 23.9 Å². The van der Waals surface area contributed by atoms with Gasteiger partial charge in [-0.3, -0.25) is 0 Å². The van der Waals surface area contributed by atoms with Gasteiger partial charge in [0, 0.05) is 6.54 Å². The molecule has 0 aromatic heterocycles. The first-order valence-electron chi connectivity index (χ1n) is 6.90. The standard InChI is InChI=1S/C15H22N2O/c1-10(2)18-13-6-4-5-12-14(13)16-9-15(3,17-12)11-7-8-11/h4-6,10-11,16-17H,7-9H2,1-3H3. The van der Waals surface area contributed by atoms with Gasteiger partial charge in [-0.1, -0.05) is 6.07 Å². The first kappa shape index (κ1) is 11.7. The van der Waals surface area contributed by atoms with Crippen molar-refractivity contribution in [1.29, 1.82) is 0 Å². The maximum Gasteiger partial charge on any atom is 0.144 e. The SMILES string of the molecule is CC(C)Oc1cccc2c1NCC(C)(C1CC1)N2. The zero-order chi connectivity index (χ0) is 12.8. The predicted octanol–water partition coefficient (Wildman–Crippen LogP) is 3.48. The van der Waals surface area contributed by atoms with Gasteiger partial charge in [0.25, 0.3) is 0 Å². The summed E-state index contributed by atoms with van der Waals surface area (Å²) >= 11 is 0. The van der Waals surface area contributed by atoms with E-state index in [1.165, 1.54) is 18.5 Å². The number of ether oxygens (including phenoxy) is 1. The van der Waals surface area contributed by atoms with Crippen molar-refractivity contribution in [1.82, 2.24) is 0 Å². The molecular formula is C15H22N2O. The number of rotatable bonds is 3. The second kappa shape index (κ2) is 4.08. The van der Waals surface area contributed by atoms with Crippen LogP contribution in [0.4, 0.5) is 11.4 Å². The summed E-state index contributed by atoms with van der Waals surface area (Å²) in [7, 11) is 0. The topological polar surface area (TPSA) is 33.3 Å². The third-order valence-electron chi connectivity index (χ3n) is 3.92. The quantitative estimate of drug-likeness (QED) is 0.856. The first-order valence-corrected chi connectivity index (χ1v) is 6.90. The lowest BCUT2D eigenvalue weighted by molar-refractivity contribution is 0.243. The monoisotopic (exact) mass is 246 g/mol. The van der Waals surface area contributed by atoms with Crippen LogP contribution in [0.5, 0.6) is 5.75 Å². The Morgan fingerprint density at radius 2 is 2.11 bits per heavy atom. The first-order chi connectivity index (χ1) is 8.58. The van der Waals surface area contributed by atoms with E-state index >= 15 is 0 Å². The number of nitrogens with one attached hydrogen (secondary N) is 2. The largest absolute Gasteiger partial charge is 0.489 e. The Hall–Kier alpha value is -1.38. The van der Waals surface area contributed by atoms with Gasteiger partial charge in [-0.15, -0.1) is 0 Å². The molecule has 0 bridgehead atoms. The average Bonchev–Trinajstić information content (AvgIpc) is 3.12. The summed E-state index contributed by atoms with van der Waals surface area (Å²) in [5.74, 6) is 1.76. The van der Waals surface area contributed by atoms with E-state index in [-0.39, 0.29) is 11.6 Å². The van der Waals surface area contributed by atoms with Crippen molar-refractivity contribution < 1.29 is 4.74 Å². The van der Waals surface area contributed by atoms with E-state index in [0.29, 0.717) is 0 Å². The summed E-state index contributed by atoms with van der Waals surface area (Å²) in [5.41, 5.74) is 2.49. The van der Waals surface area contributed by atoms with E-state index in [1.807, 2.05) is 6.07 Å². The summed E-state index contributed by atoms with van der Waals surface area (Å²) < 4.78 is 5.85. The van der Waals surface area contributed by atoms with Gasteiger partial charge in [0.1, 0.15) is 11.4 Å². The Balaban J connectivity index is 1.88. The maximum absolute atomic E-state index is 5.85. The van der Waals surface area contributed by atoms with Crippen LogP contribution in [0.25, 0.3) is 0 Å². The minimum absolute atomic E-state index is 0.198. The molecule has 0 spiro atoms. The number of hydrogen-bond donors (Lipinski definition) is 2. The second-order valence-corrected chi connectivity index (χ2v) is 6.02. The normalized spacial score (nSPS) is 26.2. The van der Waals surface area contributed by atoms with Crippen LogP contribution >= 0.6 is 0 Å². The van der Waals surface area contributed by atoms with Gasteiger partial charge in [0.05, 0.1) is 17.3 Å². The molecule has 0 amide bonds. The van der Waals surface area contributed by atoms with Gasteiger partial charge < -0.3 is 15.4 Å². The van der Waals surface area contributed by atoms with Gasteiger partial charge in [-0.25, -0.2) is 0 Å². The summed E-state index contributed by atoms with van der Waals surface area (Å²) in [4.78, 5) is 0. The fourth-order valence-electron chi connectivity index (χ4n) is 2.76. The Morgan fingerprint density at radius 3 is 2.78 bits per heavy atom. The van der Waals surface area contributed by atoms with Crippen LogP contribution < -0.4 is 15.4 Å². The lowest BCUT2D eigenvalue weighted by atomic mass is 9.92. The molecule has 1 saturated carbocycles. The third kappa shape index (κ3) is 2.02. The molecular weight excluding hydrogens is 224 g/mol. The minimum atomic E-state index is 0.198. The van der Waals surface area contributed by atoms with Gasteiger partial charge >= 0.3 is 0 Å². The lowest BCUT2D eigenvalue weighted by Gasteiger charge is -2.38. The highest BCUT2D eigenvalue weighted by atomic mass is 16.5. The lowest BCUT2D eigenvalue weighted by Crippen LogP contribution is -2.47. The molecule has 1 atom stereocenters. The van der Waals surface area contributed by atoms with Crippen LogP contribution in [0.3, 0.4) is 0 Å². The van der Waals surface area contributed by atoms with E-state index in [1.54, 1.807) is 0 Å². The van der Waals surface area contributed by atoms with Gasteiger partial charge in [0.2, 0.25) is 0 Å². The van der Waals surface area contributed by atoms with Crippen molar-refractivity contribution >= 4 is 11.4 Å². The molecule has 1 heterocycles. The van der Waals surface area contributed by atoms with Crippen molar-refractivity contribution in [2.75, 3.05) is 17.2 Å². The number of anilines is 2. The molecule has 2 aliphatic rings. The summed E-state index contributed by atoms with van der Waals surface area (Å²) in [5, 5.41) is 7.27. The Bertz CT molecular complexity index is 454. The molecule has 18 heavy (non-hydrogen) atoms. The third-order valence-corrected chi connectivity index (χ3v) is 3.92. The minimum Gasteiger partial charge on any atom is -0.489 e. The second-order valence-electron chi connectivity index (χ2n) is 6.02. The number of benzene rings is 1. The maximum atomic E-state index is 5.85. The molecule has 1 aromatic carbocycles. The van der Waals surface area contributed by atoms with E-state index in [2.05, 4.69) is 43.5 Å². The van der Waals surface area contributed by atoms with Crippen molar-refractivity contribution in [3.05, 3.63) is 18.2 Å². The molecule has 0 radical (unpaired) electrons. The smallest absolute Gasteiger partial charge is 0.144 e. The van der Waals surface area contributed by atoms with E-state index in [9.17, 15) is 0 Å². The van der Waals surface area contributed by atoms with Crippen LogP contribution in [-0.2, 0) is 0 Å². The fraction of sp³-hybridized carbons (Fsp3) is 0.600. The van der Waals surface area contributed by atoms with Gasteiger partial charge in [0.15, 0.2) is 0 Å². The van der Waals surface area contributed by atoms with Crippen molar-refractivity contribution in [3.8, 4) is 5.75 Å². The predicted molar refractivity (Wildman–Crippen MR) is 75.4 cm³/mol. The molecule has 1 aromatic rings. The number of fused-ring (bicyclic) bond motifs is 1. The molecule has 3 heteroatoms. The fourth-order valence-corrected chi connectivity index (χ4v) is 2.76. The Kier molecular flexibility index (Phi) is 2.65. The van der Waals surface area contributed by atoms with E-state index in [4.69, 9.17) is 4.74 Å². The highest BCUT2D eigenvalue weighted by molar-refractivity contribution is 5.78. The summed E-state index contributed by atoms with van der Waals surface area (Å²) in [6.07, 6.45) is 2.90. The number of para-hydroxylation sites is 1. The molecule has 1 aliphatic heterocycles. The van der Waals surface area contributed by atoms with Crippen LogP contribution in [0.15, 0.2) is 18.2 Å². The Labute approximate surface area is 109 Å². The molecule has 98 valence electrons. The van der Waals surface area contributed by atoms with Crippen molar-refractivity contribution in [2.45, 2.75) is 45.3 Å².